The molecule has 0 saturated heterocycles. The van der Waals surface area contributed by atoms with E-state index in [-0.39, 0.29) is 12.5 Å². The maximum absolute atomic E-state index is 13.7. The van der Waals surface area contributed by atoms with Gasteiger partial charge in [-0.15, -0.1) is 0 Å². The molecule has 8 nitrogen and oxygen atoms in total. The van der Waals surface area contributed by atoms with Crippen LogP contribution in [-0.4, -0.2) is 58.1 Å². The zero-order valence-corrected chi connectivity index (χ0v) is 21.2. The number of sulfonamides is 1. The second kappa shape index (κ2) is 11.2. The Morgan fingerprint density at radius 3 is 2.37 bits per heavy atom. The van der Waals surface area contributed by atoms with E-state index in [1.807, 2.05) is 43.3 Å². The minimum Gasteiger partial charge on any atom is -0.497 e. The number of hydrogen-bond acceptors (Lipinski definition) is 5. The summed E-state index contributed by atoms with van der Waals surface area (Å²) in [5, 5.41) is 4.18. The third-order valence-corrected chi connectivity index (χ3v) is 6.96. The summed E-state index contributed by atoms with van der Waals surface area (Å²) in [6.45, 7) is 1.49. The molecule has 0 aliphatic carbocycles. The number of carbonyl (C=O) groups is 2. The van der Waals surface area contributed by atoms with Gasteiger partial charge < -0.3 is 15.0 Å². The van der Waals surface area contributed by atoms with Crippen molar-refractivity contribution >= 4 is 38.3 Å². The number of anilines is 1. The SMILES string of the molecule is CC[C@H](C(=O)NC)N(Cc1cccc(OC)c1)C(=O)CN(c1cccc2ccccc12)S(C)(=O)=O. The molecule has 0 spiro atoms. The molecular weight excluding hydrogens is 466 g/mol. The topological polar surface area (TPSA) is 96.0 Å². The summed E-state index contributed by atoms with van der Waals surface area (Å²) < 4.78 is 32.1. The van der Waals surface area contributed by atoms with Crippen LogP contribution < -0.4 is 14.4 Å². The highest BCUT2D eigenvalue weighted by atomic mass is 32.2. The molecule has 9 heteroatoms. The number of methoxy groups -OCH3 is 1. The minimum atomic E-state index is -3.81. The lowest BCUT2D eigenvalue weighted by molar-refractivity contribution is -0.140. The quantitative estimate of drug-likeness (QED) is 0.464. The molecule has 0 heterocycles. The molecule has 1 N–H and O–H groups in total. The third-order valence-electron chi connectivity index (χ3n) is 5.83. The first-order chi connectivity index (χ1) is 16.7. The van der Waals surface area contributed by atoms with Gasteiger partial charge in [0, 0.05) is 19.0 Å². The van der Waals surface area contributed by atoms with E-state index in [1.165, 1.54) is 11.9 Å². The van der Waals surface area contributed by atoms with Crippen molar-refractivity contribution < 1.29 is 22.7 Å². The smallest absolute Gasteiger partial charge is 0.244 e. The van der Waals surface area contributed by atoms with Crippen LogP contribution in [0.3, 0.4) is 0 Å². The molecule has 3 aromatic carbocycles. The Kier molecular flexibility index (Phi) is 8.34. The summed E-state index contributed by atoms with van der Waals surface area (Å²) in [4.78, 5) is 27.8. The number of fused-ring (bicyclic) bond motifs is 1. The molecule has 0 unspecified atom stereocenters. The Hall–Kier alpha value is -3.59. The molecule has 186 valence electrons. The van der Waals surface area contributed by atoms with Crippen molar-refractivity contribution in [2.45, 2.75) is 25.9 Å². The Morgan fingerprint density at radius 1 is 1.03 bits per heavy atom. The molecular formula is C26H31N3O5S. The van der Waals surface area contributed by atoms with Crippen molar-refractivity contribution in [3.8, 4) is 5.75 Å². The van der Waals surface area contributed by atoms with Gasteiger partial charge in [0.15, 0.2) is 0 Å². The van der Waals surface area contributed by atoms with Crippen LogP contribution >= 0.6 is 0 Å². The van der Waals surface area contributed by atoms with Crippen molar-refractivity contribution in [3.05, 3.63) is 72.3 Å². The number of likely N-dealkylation sites (N-methyl/N-ethyl adjacent to an activating group) is 1. The Bertz CT molecular complexity index is 1300. The van der Waals surface area contributed by atoms with Gasteiger partial charge in [0.25, 0.3) is 0 Å². The molecule has 0 aromatic heterocycles. The van der Waals surface area contributed by atoms with Gasteiger partial charge in [0.05, 0.1) is 19.1 Å². The normalized spacial score (nSPS) is 12.1. The summed E-state index contributed by atoms with van der Waals surface area (Å²) >= 11 is 0. The Balaban J connectivity index is 2.03. The standard InChI is InChI=1S/C26H31N3O5S/c1-5-23(26(31)27-2)28(17-19-10-8-13-21(16-19)34-3)25(30)18-29(35(4,32)33)24-15-9-12-20-11-6-7-14-22(20)24/h6-16,23H,5,17-18H2,1-4H3,(H,27,31)/t23-/m1/s1. The lowest BCUT2D eigenvalue weighted by atomic mass is 10.1. The van der Waals surface area contributed by atoms with Crippen LogP contribution in [0, 0.1) is 0 Å². The summed E-state index contributed by atoms with van der Waals surface area (Å²) in [6.07, 6.45) is 1.44. The van der Waals surface area contributed by atoms with Crippen molar-refractivity contribution in [2.24, 2.45) is 0 Å². The maximum Gasteiger partial charge on any atom is 0.244 e. The van der Waals surface area contributed by atoms with E-state index in [2.05, 4.69) is 5.32 Å². The number of ether oxygens (including phenoxy) is 1. The van der Waals surface area contributed by atoms with Crippen LogP contribution in [0.25, 0.3) is 10.8 Å². The highest BCUT2D eigenvalue weighted by Crippen LogP contribution is 2.29. The highest BCUT2D eigenvalue weighted by molar-refractivity contribution is 7.92. The first-order valence-corrected chi connectivity index (χ1v) is 13.1. The predicted molar refractivity (Wildman–Crippen MR) is 138 cm³/mol. The van der Waals surface area contributed by atoms with Crippen LogP contribution in [0.2, 0.25) is 0 Å². The van der Waals surface area contributed by atoms with Gasteiger partial charge in [-0.05, 0) is 35.6 Å². The van der Waals surface area contributed by atoms with Gasteiger partial charge in [-0.2, -0.15) is 0 Å². The minimum absolute atomic E-state index is 0.120. The van der Waals surface area contributed by atoms with E-state index < -0.39 is 28.5 Å². The van der Waals surface area contributed by atoms with Crippen LogP contribution in [0.15, 0.2) is 66.7 Å². The van der Waals surface area contributed by atoms with E-state index >= 15 is 0 Å². The molecule has 0 fully saturated rings. The molecule has 35 heavy (non-hydrogen) atoms. The van der Waals surface area contributed by atoms with Crippen LogP contribution in [0.5, 0.6) is 5.75 Å². The van der Waals surface area contributed by atoms with E-state index in [0.29, 0.717) is 23.2 Å². The number of amides is 2. The molecule has 0 radical (unpaired) electrons. The molecule has 0 bridgehead atoms. The average Bonchev–Trinajstić information content (AvgIpc) is 2.86. The van der Waals surface area contributed by atoms with Crippen LogP contribution in [-0.2, 0) is 26.2 Å². The van der Waals surface area contributed by atoms with Crippen molar-refractivity contribution in [1.82, 2.24) is 10.2 Å². The number of nitrogens with zero attached hydrogens (tertiary/aromatic N) is 2. The monoisotopic (exact) mass is 497 g/mol. The number of rotatable bonds is 10. The van der Waals surface area contributed by atoms with E-state index in [4.69, 9.17) is 4.74 Å². The highest BCUT2D eigenvalue weighted by Gasteiger charge is 2.31. The first kappa shape index (κ1) is 26.0. The van der Waals surface area contributed by atoms with E-state index in [0.717, 1.165) is 21.5 Å². The molecule has 0 aliphatic heterocycles. The number of nitrogens with one attached hydrogen (secondary N) is 1. The lowest BCUT2D eigenvalue weighted by Gasteiger charge is -2.33. The summed E-state index contributed by atoms with van der Waals surface area (Å²) in [5.41, 5.74) is 1.17. The van der Waals surface area contributed by atoms with E-state index in [9.17, 15) is 18.0 Å². The summed E-state index contributed by atoms with van der Waals surface area (Å²) in [7, 11) is -0.751. The van der Waals surface area contributed by atoms with Crippen molar-refractivity contribution in [1.29, 1.82) is 0 Å². The van der Waals surface area contributed by atoms with Gasteiger partial charge >= 0.3 is 0 Å². The Labute approximate surface area is 206 Å². The molecule has 1 atom stereocenters. The van der Waals surface area contributed by atoms with Crippen LogP contribution in [0.1, 0.15) is 18.9 Å². The van der Waals surface area contributed by atoms with Gasteiger partial charge in [-0.25, -0.2) is 8.42 Å². The molecule has 3 aromatic rings. The zero-order valence-electron chi connectivity index (χ0n) is 20.4. The second-order valence-corrected chi connectivity index (χ2v) is 10.1. The predicted octanol–water partition coefficient (Wildman–Crippen LogP) is 3.17. The molecule has 3 rings (SSSR count). The zero-order chi connectivity index (χ0) is 25.6. The number of benzene rings is 3. The summed E-state index contributed by atoms with van der Waals surface area (Å²) in [6, 6.07) is 19.2. The largest absolute Gasteiger partial charge is 0.497 e. The lowest BCUT2D eigenvalue weighted by Crippen LogP contribution is -2.51. The fourth-order valence-electron chi connectivity index (χ4n) is 4.07. The number of carbonyl (C=O) groups excluding carboxylic acids is 2. The maximum atomic E-state index is 13.7. The summed E-state index contributed by atoms with van der Waals surface area (Å²) in [5.74, 6) is -0.183. The van der Waals surface area contributed by atoms with Gasteiger partial charge in [0.2, 0.25) is 21.8 Å². The first-order valence-electron chi connectivity index (χ1n) is 11.3. The second-order valence-electron chi connectivity index (χ2n) is 8.18. The van der Waals surface area contributed by atoms with Gasteiger partial charge in [-0.3, -0.25) is 13.9 Å². The molecule has 2 amide bonds. The van der Waals surface area contributed by atoms with Crippen LogP contribution in [0.4, 0.5) is 5.69 Å². The van der Waals surface area contributed by atoms with Gasteiger partial charge in [0.1, 0.15) is 18.3 Å². The van der Waals surface area contributed by atoms with E-state index in [1.54, 1.807) is 37.4 Å². The van der Waals surface area contributed by atoms with Crippen molar-refractivity contribution in [2.75, 3.05) is 31.3 Å². The fraction of sp³-hybridized carbons (Fsp3) is 0.308. The molecule has 0 aliphatic rings. The van der Waals surface area contributed by atoms with Gasteiger partial charge in [-0.1, -0.05) is 55.5 Å². The molecule has 0 saturated carbocycles. The third kappa shape index (κ3) is 6.10. The average molecular weight is 498 g/mol. The van der Waals surface area contributed by atoms with Crippen molar-refractivity contribution in [3.63, 3.8) is 0 Å². The Morgan fingerprint density at radius 2 is 1.71 bits per heavy atom. The fourth-order valence-corrected chi connectivity index (χ4v) is 4.94. The number of hydrogen-bond donors (Lipinski definition) is 1.